The van der Waals surface area contributed by atoms with Crippen LogP contribution in [-0.2, 0) is 9.53 Å². The van der Waals surface area contributed by atoms with Crippen LogP contribution in [0.15, 0.2) is 30.5 Å². The molecule has 0 saturated carbocycles. The van der Waals surface area contributed by atoms with Crippen LogP contribution < -0.4 is 14.8 Å². The topological polar surface area (TPSA) is 72.9 Å². The second kappa shape index (κ2) is 8.80. The van der Waals surface area contributed by atoms with E-state index in [9.17, 15) is 4.79 Å². The molecule has 0 bridgehead atoms. The number of hydrogen-bond acceptors (Lipinski definition) is 6. The molecule has 4 rings (SSSR count). The number of nitrogens with one attached hydrogen (secondary N) is 1. The van der Waals surface area contributed by atoms with Gasteiger partial charge in [0.1, 0.15) is 5.75 Å². The Hall–Kier alpha value is -2.64. The van der Waals surface area contributed by atoms with Crippen LogP contribution in [-0.4, -0.2) is 62.4 Å². The number of carbonyl (C=O) groups excluding carboxylic acids is 1. The zero-order valence-electron chi connectivity index (χ0n) is 16.9. The molecule has 1 fully saturated rings. The normalized spacial score (nSPS) is 19.2. The van der Waals surface area contributed by atoms with E-state index >= 15 is 0 Å². The molecule has 29 heavy (non-hydrogen) atoms. The van der Waals surface area contributed by atoms with Crippen LogP contribution in [0, 0.1) is 6.92 Å². The summed E-state index contributed by atoms with van der Waals surface area (Å²) in [6.45, 7) is 6.00. The van der Waals surface area contributed by atoms with Gasteiger partial charge in [-0.1, -0.05) is 6.07 Å². The van der Waals surface area contributed by atoms with Gasteiger partial charge in [-0.25, -0.2) is 4.98 Å². The first-order valence-electron chi connectivity index (χ1n) is 10.0. The number of fused-ring (bicyclic) bond motifs is 1. The number of benzene rings is 1. The fourth-order valence-electron chi connectivity index (χ4n) is 3.86. The Balaban J connectivity index is 1.53. The minimum Gasteiger partial charge on any atom is -0.493 e. The summed E-state index contributed by atoms with van der Waals surface area (Å²) in [5.41, 5.74) is 4.19. The fraction of sp³-hybridized carbons (Fsp3) is 0.455. The zero-order valence-corrected chi connectivity index (χ0v) is 16.9. The number of aromatic nitrogens is 1. The van der Waals surface area contributed by atoms with Crippen LogP contribution in [0.5, 0.6) is 11.6 Å². The maximum atomic E-state index is 12.6. The molecule has 1 N–H and O–H groups in total. The average molecular weight is 397 g/mol. The quantitative estimate of drug-likeness (QED) is 0.835. The number of pyridine rings is 1. The minimum absolute atomic E-state index is 0.0393. The van der Waals surface area contributed by atoms with Crippen molar-refractivity contribution < 1.29 is 19.0 Å². The zero-order chi connectivity index (χ0) is 20.2. The third-order valence-corrected chi connectivity index (χ3v) is 5.46. The van der Waals surface area contributed by atoms with Crippen LogP contribution >= 0.6 is 0 Å². The maximum Gasteiger partial charge on any atom is 0.234 e. The summed E-state index contributed by atoms with van der Waals surface area (Å²) in [7, 11) is 1.61. The van der Waals surface area contributed by atoms with Crippen LogP contribution in [0.1, 0.15) is 23.6 Å². The van der Waals surface area contributed by atoms with E-state index in [0.29, 0.717) is 32.2 Å². The highest BCUT2D eigenvalue weighted by Crippen LogP contribution is 2.36. The van der Waals surface area contributed by atoms with Gasteiger partial charge in [0.05, 0.1) is 39.5 Å². The molecule has 1 saturated heterocycles. The van der Waals surface area contributed by atoms with Crippen LogP contribution in [0.4, 0.5) is 0 Å². The molecule has 0 spiro atoms. The molecule has 7 heteroatoms. The van der Waals surface area contributed by atoms with E-state index in [-0.39, 0.29) is 11.9 Å². The standard InChI is InChI=1S/C22H27N3O4/c1-15-11-22(27-2)23-13-18(15)16-3-4-20-17(12-16)19(5-8-29-20)24-21(26)14-25-6-9-28-10-7-25/h3-4,11-13,19H,5-10,14H2,1-2H3,(H,24,26). The van der Waals surface area contributed by atoms with Crippen molar-refractivity contribution in [2.75, 3.05) is 46.6 Å². The first-order valence-corrected chi connectivity index (χ1v) is 10.0. The van der Waals surface area contributed by atoms with Gasteiger partial charge < -0.3 is 19.5 Å². The Labute approximate surface area is 171 Å². The predicted octanol–water partition coefficient (Wildman–Crippen LogP) is 2.34. The largest absolute Gasteiger partial charge is 0.493 e. The molecule has 154 valence electrons. The lowest BCUT2D eigenvalue weighted by molar-refractivity contribution is -0.124. The van der Waals surface area contributed by atoms with Gasteiger partial charge in [0.2, 0.25) is 11.8 Å². The third kappa shape index (κ3) is 4.52. The van der Waals surface area contributed by atoms with E-state index in [1.807, 2.05) is 31.3 Å². The van der Waals surface area contributed by atoms with Gasteiger partial charge in [-0.05, 0) is 30.2 Å². The van der Waals surface area contributed by atoms with Crippen molar-refractivity contribution in [3.05, 3.63) is 41.6 Å². The molecule has 0 aliphatic carbocycles. The maximum absolute atomic E-state index is 12.6. The number of hydrogen-bond donors (Lipinski definition) is 1. The summed E-state index contributed by atoms with van der Waals surface area (Å²) in [5.74, 6) is 1.47. The molecule has 3 heterocycles. The van der Waals surface area contributed by atoms with E-state index < -0.39 is 0 Å². The van der Waals surface area contributed by atoms with Gasteiger partial charge >= 0.3 is 0 Å². The summed E-state index contributed by atoms with van der Waals surface area (Å²) in [6, 6.07) is 7.98. The third-order valence-electron chi connectivity index (χ3n) is 5.46. The van der Waals surface area contributed by atoms with Crippen molar-refractivity contribution in [1.29, 1.82) is 0 Å². The molecule has 0 radical (unpaired) electrons. The summed E-state index contributed by atoms with van der Waals surface area (Å²) in [6.07, 6.45) is 2.58. The second-order valence-electron chi connectivity index (χ2n) is 7.44. The molecule has 1 amide bonds. The number of aryl methyl sites for hydroxylation is 1. The molecule has 2 aliphatic rings. The SMILES string of the molecule is COc1cc(C)c(-c2ccc3c(c2)C(NC(=O)CN2CCOCC2)CCO3)cn1. The monoisotopic (exact) mass is 397 g/mol. The summed E-state index contributed by atoms with van der Waals surface area (Å²) >= 11 is 0. The Morgan fingerprint density at radius 2 is 2.10 bits per heavy atom. The molecule has 1 unspecified atom stereocenters. The minimum atomic E-state index is -0.0567. The molecule has 1 atom stereocenters. The first-order chi connectivity index (χ1) is 14.1. The first kappa shape index (κ1) is 19.7. The van der Waals surface area contributed by atoms with Crippen molar-refractivity contribution in [3.63, 3.8) is 0 Å². The lowest BCUT2D eigenvalue weighted by atomic mass is 9.94. The van der Waals surface area contributed by atoms with Crippen molar-refractivity contribution in [1.82, 2.24) is 15.2 Å². The number of nitrogens with zero attached hydrogens (tertiary/aromatic N) is 2. The molecule has 2 aromatic rings. The van der Waals surface area contributed by atoms with Gasteiger partial charge in [0.25, 0.3) is 0 Å². The van der Waals surface area contributed by atoms with Crippen LogP contribution in [0.25, 0.3) is 11.1 Å². The molecule has 1 aromatic carbocycles. The predicted molar refractivity (Wildman–Crippen MR) is 109 cm³/mol. The van der Waals surface area contributed by atoms with Crippen LogP contribution in [0.3, 0.4) is 0 Å². The van der Waals surface area contributed by atoms with Crippen molar-refractivity contribution >= 4 is 5.91 Å². The summed E-state index contributed by atoms with van der Waals surface area (Å²) in [4.78, 5) is 19.1. The van der Waals surface area contributed by atoms with Gasteiger partial charge in [-0.3, -0.25) is 9.69 Å². The Kier molecular flexibility index (Phi) is 5.97. The van der Waals surface area contributed by atoms with Crippen LogP contribution in [0.2, 0.25) is 0 Å². The molecular formula is C22H27N3O4. The average Bonchev–Trinajstić information content (AvgIpc) is 2.74. The Morgan fingerprint density at radius 1 is 1.28 bits per heavy atom. The second-order valence-corrected chi connectivity index (χ2v) is 7.44. The van der Waals surface area contributed by atoms with Gasteiger partial charge in [-0.15, -0.1) is 0 Å². The smallest absolute Gasteiger partial charge is 0.234 e. The molecule has 2 aliphatic heterocycles. The lowest BCUT2D eigenvalue weighted by Crippen LogP contribution is -2.44. The highest BCUT2D eigenvalue weighted by molar-refractivity contribution is 5.79. The number of carbonyl (C=O) groups is 1. The van der Waals surface area contributed by atoms with E-state index in [1.165, 1.54) is 0 Å². The van der Waals surface area contributed by atoms with E-state index in [2.05, 4.69) is 21.3 Å². The molecule has 7 nitrogen and oxygen atoms in total. The summed E-state index contributed by atoms with van der Waals surface area (Å²) < 4.78 is 16.4. The van der Waals surface area contributed by atoms with Gasteiger partial charge in [-0.2, -0.15) is 0 Å². The fourth-order valence-corrected chi connectivity index (χ4v) is 3.86. The van der Waals surface area contributed by atoms with Crippen molar-refractivity contribution in [3.8, 4) is 22.8 Å². The van der Waals surface area contributed by atoms with E-state index in [4.69, 9.17) is 14.2 Å². The number of morpholine rings is 1. The highest BCUT2D eigenvalue weighted by Gasteiger charge is 2.25. The number of amides is 1. The number of rotatable bonds is 5. The highest BCUT2D eigenvalue weighted by atomic mass is 16.5. The lowest BCUT2D eigenvalue weighted by Gasteiger charge is -2.30. The molecular weight excluding hydrogens is 370 g/mol. The van der Waals surface area contributed by atoms with Crippen molar-refractivity contribution in [2.24, 2.45) is 0 Å². The van der Waals surface area contributed by atoms with E-state index in [0.717, 1.165) is 47.5 Å². The number of ether oxygens (including phenoxy) is 3. The van der Waals surface area contributed by atoms with Gasteiger partial charge in [0.15, 0.2) is 0 Å². The van der Waals surface area contributed by atoms with E-state index in [1.54, 1.807) is 7.11 Å². The Morgan fingerprint density at radius 3 is 2.86 bits per heavy atom. The summed E-state index contributed by atoms with van der Waals surface area (Å²) in [5, 5.41) is 3.20. The van der Waals surface area contributed by atoms with Crippen molar-refractivity contribution in [2.45, 2.75) is 19.4 Å². The molecule has 1 aromatic heterocycles. The number of methoxy groups -OCH3 is 1. The van der Waals surface area contributed by atoms with Gasteiger partial charge in [0, 0.05) is 42.9 Å². The Bertz CT molecular complexity index is 880.